The number of allylic oxidation sites excluding steroid dienone is 4. The van der Waals surface area contributed by atoms with Gasteiger partial charge in [-0.15, -0.1) is 0 Å². The Labute approximate surface area is 269 Å². The minimum Gasteiger partial charge on any atom is -0.439 e. The average Bonchev–Trinajstić information content (AvgIpc) is 3.53. The molecule has 2 heterocycles. The number of aromatic nitrogens is 2. The molecule has 46 heavy (non-hydrogen) atoms. The number of amides is 2. The second-order valence-electron chi connectivity index (χ2n) is 11.7. The molecule has 0 fully saturated rings. The Kier molecular flexibility index (Phi) is 13.2. The molecule has 2 bridgehead atoms. The largest absolute Gasteiger partial charge is 0.439 e. The number of hydrogen-bond donors (Lipinski definition) is 5. The van der Waals surface area contributed by atoms with Crippen LogP contribution in [0.15, 0.2) is 71.0 Å². The van der Waals surface area contributed by atoms with Gasteiger partial charge in [0.25, 0.3) is 5.91 Å². The van der Waals surface area contributed by atoms with E-state index in [1.807, 2.05) is 6.92 Å². The molecular weight excluding hydrogens is 594 g/mol. The number of carbonyl (C=O) groups excluding carboxylic acids is 4. The van der Waals surface area contributed by atoms with Gasteiger partial charge in [0.15, 0.2) is 6.10 Å². The van der Waals surface area contributed by atoms with Crippen LogP contribution < -0.4 is 16.4 Å². The molecule has 1 aromatic rings. The van der Waals surface area contributed by atoms with E-state index in [4.69, 9.17) is 19.9 Å². The lowest BCUT2D eigenvalue weighted by Crippen LogP contribution is -2.38. The van der Waals surface area contributed by atoms with Crippen molar-refractivity contribution in [2.45, 2.75) is 71.4 Å². The van der Waals surface area contributed by atoms with Crippen molar-refractivity contribution in [3.8, 4) is 0 Å². The van der Waals surface area contributed by atoms with Gasteiger partial charge in [0.05, 0.1) is 29.9 Å². The standard InChI is InChI=1S/C33H45N5O8/c1-18-12-23-28(36-11-10-22-16-35-17-37-22)25(39)15-24(30(23)41)38-32(42)19(2)8-7-9-26(44-5)31(46-33(34)43)21(4)14-20(3)29(40)27(13-18)45-6/h7-9,14-18,20,26-27,29,31,36,40H,10-13H2,1-6H3,(H2,34,43)(H,35,37)(H,38,42)/b9-7-,19-8+,21-14+/t18-,20+,26+,27+,29-,31+/m1/s1. The molecule has 1 aromatic heterocycles. The second-order valence-corrected chi connectivity index (χ2v) is 11.7. The molecule has 3 rings (SSSR count). The van der Waals surface area contributed by atoms with E-state index in [9.17, 15) is 24.3 Å². The van der Waals surface area contributed by atoms with Crippen LogP contribution in [0.25, 0.3) is 0 Å². The van der Waals surface area contributed by atoms with E-state index in [1.54, 1.807) is 51.5 Å². The number of fused-ring (bicyclic) bond motifs is 2. The maximum atomic E-state index is 13.8. The summed E-state index contributed by atoms with van der Waals surface area (Å²) in [6.45, 7) is 7.36. The highest BCUT2D eigenvalue weighted by Crippen LogP contribution is 2.29. The topological polar surface area (TPSA) is 195 Å². The zero-order valence-corrected chi connectivity index (χ0v) is 27.2. The highest BCUT2D eigenvalue weighted by atomic mass is 16.6. The number of imidazole rings is 1. The molecule has 0 aromatic carbocycles. The van der Waals surface area contributed by atoms with Crippen LogP contribution in [0.4, 0.5) is 4.79 Å². The number of aliphatic hydroxyl groups excluding tert-OH is 1. The number of H-pyrrole nitrogens is 1. The number of nitrogens with two attached hydrogens (primary N) is 1. The van der Waals surface area contributed by atoms with Gasteiger partial charge in [-0.25, -0.2) is 9.78 Å². The van der Waals surface area contributed by atoms with Crippen molar-refractivity contribution in [1.82, 2.24) is 20.6 Å². The van der Waals surface area contributed by atoms with Gasteiger partial charge in [-0.2, -0.15) is 0 Å². The van der Waals surface area contributed by atoms with E-state index >= 15 is 0 Å². The van der Waals surface area contributed by atoms with Crippen LogP contribution in [0, 0.1) is 11.8 Å². The summed E-state index contributed by atoms with van der Waals surface area (Å²) >= 11 is 0. The molecule has 0 saturated carbocycles. The Morgan fingerprint density at radius 2 is 1.91 bits per heavy atom. The summed E-state index contributed by atoms with van der Waals surface area (Å²) in [5.41, 5.74) is 7.33. The molecule has 6 atom stereocenters. The van der Waals surface area contributed by atoms with Gasteiger partial charge in [-0.3, -0.25) is 14.4 Å². The van der Waals surface area contributed by atoms with Crippen LogP contribution in [0.5, 0.6) is 0 Å². The maximum absolute atomic E-state index is 13.8. The number of methoxy groups -OCH3 is 2. The Morgan fingerprint density at radius 3 is 2.54 bits per heavy atom. The molecule has 0 unspecified atom stereocenters. The molecule has 0 spiro atoms. The monoisotopic (exact) mass is 639 g/mol. The highest BCUT2D eigenvalue weighted by molar-refractivity contribution is 6.23. The van der Waals surface area contributed by atoms with Crippen LogP contribution in [0.3, 0.4) is 0 Å². The van der Waals surface area contributed by atoms with Gasteiger partial charge in [0.1, 0.15) is 6.10 Å². The summed E-state index contributed by atoms with van der Waals surface area (Å²) in [5.74, 6) is -2.16. The second kappa shape index (κ2) is 16.8. The van der Waals surface area contributed by atoms with E-state index < -0.39 is 53.9 Å². The number of carbonyl (C=O) groups is 4. The van der Waals surface area contributed by atoms with E-state index in [1.165, 1.54) is 20.3 Å². The number of nitrogens with zero attached hydrogens (tertiary/aromatic N) is 1. The number of Topliss-reactive ketones (excluding diaryl/α,β-unsaturated/α-hetero) is 1. The fourth-order valence-electron chi connectivity index (χ4n) is 5.52. The summed E-state index contributed by atoms with van der Waals surface area (Å²) in [7, 11) is 2.93. The molecule has 0 radical (unpaired) electrons. The Bertz CT molecular complexity index is 1420. The van der Waals surface area contributed by atoms with Gasteiger partial charge in [-0.05, 0) is 38.2 Å². The first-order valence-corrected chi connectivity index (χ1v) is 15.2. The number of rotatable bonds is 7. The van der Waals surface area contributed by atoms with E-state index in [0.717, 1.165) is 11.8 Å². The summed E-state index contributed by atoms with van der Waals surface area (Å²) in [4.78, 5) is 59.0. The number of hydrogen-bond acceptors (Lipinski definition) is 10. The number of aromatic amines is 1. The van der Waals surface area contributed by atoms with Crippen molar-refractivity contribution in [2.75, 3.05) is 20.8 Å². The molecule has 1 aliphatic heterocycles. The third kappa shape index (κ3) is 9.59. The Balaban J connectivity index is 2.03. The van der Waals surface area contributed by atoms with Crippen molar-refractivity contribution in [3.63, 3.8) is 0 Å². The van der Waals surface area contributed by atoms with Crippen molar-refractivity contribution >= 4 is 23.6 Å². The lowest BCUT2D eigenvalue weighted by molar-refractivity contribution is -0.120. The first kappa shape index (κ1) is 36.1. The lowest BCUT2D eigenvalue weighted by atomic mass is 9.85. The summed E-state index contributed by atoms with van der Waals surface area (Å²) < 4.78 is 16.6. The first-order chi connectivity index (χ1) is 21.9. The average molecular weight is 640 g/mol. The zero-order valence-electron chi connectivity index (χ0n) is 27.2. The molecule has 13 nitrogen and oxygen atoms in total. The van der Waals surface area contributed by atoms with E-state index in [0.29, 0.717) is 25.0 Å². The summed E-state index contributed by atoms with van der Waals surface area (Å²) in [6.07, 6.45) is 7.53. The van der Waals surface area contributed by atoms with Crippen LogP contribution in [-0.4, -0.2) is 83.8 Å². The molecule has 6 N–H and O–H groups in total. The molecule has 2 aliphatic rings. The third-order valence-corrected chi connectivity index (χ3v) is 8.04. The van der Waals surface area contributed by atoms with Crippen LogP contribution in [0.1, 0.15) is 46.2 Å². The van der Waals surface area contributed by atoms with Crippen molar-refractivity contribution in [1.29, 1.82) is 0 Å². The van der Waals surface area contributed by atoms with Gasteiger partial charge in [0, 0.05) is 62.2 Å². The number of primary amides is 1. The minimum absolute atomic E-state index is 0.132. The van der Waals surface area contributed by atoms with Gasteiger partial charge >= 0.3 is 6.09 Å². The van der Waals surface area contributed by atoms with Gasteiger partial charge in [0.2, 0.25) is 11.6 Å². The fourth-order valence-corrected chi connectivity index (χ4v) is 5.52. The van der Waals surface area contributed by atoms with Crippen LogP contribution in [-0.2, 0) is 35.0 Å². The molecular formula is C33H45N5O8. The lowest BCUT2D eigenvalue weighted by Gasteiger charge is -2.30. The Morgan fingerprint density at radius 1 is 1.17 bits per heavy atom. The SMILES string of the molecule is CO[C@H]1/C=C\C=C(/C)C(=O)NC2=CC(=O)C(NCCc3cnc[nH]3)=C(C[C@@H](C)C[C@H](OC)[C@H](O)[C@@H](C)/C=C(\C)[C@@H]1OC(N)=O)C2=O. The predicted molar refractivity (Wildman–Crippen MR) is 170 cm³/mol. The van der Waals surface area contributed by atoms with Gasteiger partial charge < -0.3 is 40.7 Å². The predicted octanol–water partition coefficient (Wildman–Crippen LogP) is 2.32. The zero-order chi connectivity index (χ0) is 34.0. The van der Waals surface area contributed by atoms with E-state index in [-0.39, 0.29) is 34.9 Å². The molecule has 250 valence electrons. The number of ketones is 2. The van der Waals surface area contributed by atoms with Crippen molar-refractivity contribution in [3.05, 3.63) is 76.7 Å². The molecule has 0 saturated heterocycles. The van der Waals surface area contributed by atoms with Gasteiger partial charge in [-0.1, -0.05) is 38.2 Å². The molecule has 1 aliphatic carbocycles. The number of aliphatic hydroxyl groups is 1. The smallest absolute Gasteiger partial charge is 0.405 e. The Hall–Kier alpha value is -4.33. The highest BCUT2D eigenvalue weighted by Gasteiger charge is 2.33. The van der Waals surface area contributed by atoms with E-state index in [2.05, 4.69) is 20.6 Å². The van der Waals surface area contributed by atoms with Crippen molar-refractivity contribution in [2.24, 2.45) is 17.6 Å². The number of nitrogens with one attached hydrogen (secondary N) is 3. The normalized spacial score (nSPS) is 30.0. The van der Waals surface area contributed by atoms with Crippen molar-refractivity contribution < 1.29 is 38.5 Å². The quantitative estimate of drug-likeness (QED) is 0.218. The van der Waals surface area contributed by atoms with Crippen LogP contribution >= 0.6 is 0 Å². The summed E-state index contributed by atoms with van der Waals surface area (Å²) in [6, 6.07) is 0. The third-order valence-electron chi connectivity index (χ3n) is 8.04. The summed E-state index contributed by atoms with van der Waals surface area (Å²) in [5, 5.41) is 17.0. The first-order valence-electron chi connectivity index (χ1n) is 15.2. The minimum atomic E-state index is -1.00. The molecule has 2 amide bonds. The molecule has 13 heteroatoms. The fraction of sp³-hybridized carbons (Fsp3) is 0.485. The maximum Gasteiger partial charge on any atom is 0.405 e. The van der Waals surface area contributed by atoms with Crippen LogP contribution in [0.2, 0.25) is 0 Å². The number of ether oxygens (including phenoxy) is 3.